The standard InChI is InChI=1S/C25H26F3N3O6S/c1-4-13-30-20(15-36-21(32)17-7-9-18(10-8-17)37-24(2,3)22(33)34)29-31(23(30)35)14-16-5-11-19(12-6-16)38-25(26,27)28/h5-12H,4,13-15H2,1-3H3,(H,33,34). The van der Waals surface area contributed by atoms with Crippen molar-refractivity contribution in [2.75, 3.05) is 0 Å². The lowest BCUT2D eigenvalue weighted by Crippen LogP contribution is -2.37. The Labute approximate surface area is 220 Å². The smallest absolute Gasteiger partial charge is 0.446 e. The van der Waals surface area contributed by atoms with Gasteiger partial charge in [-0.2, -0.15) is 18.3 Å². The number of rotatable bonds is 11. The van der Waals surface area contributed by atoms with Gasteiger partial charge in [0.25, 0.3) is 0 Å². The highest BCUT2D eigenvalue weighted by Gasteiger charge is 2.30. The van der Waals surface area contributed by atoms with E-state index in [1.165, 1.54) is 71.6 Å². The van der Waals surface area contributed by atoms with Crippen molar-refractivity contribution in [1.82, 2.24) is 14.3 Å². The number of carbonyl (C=O) groups is 2. The van der Waals surface area contributed by atoms with E-state index in [0.29, 0.717) is 18.5 Å². The predicted molar refractivity (Wildman–Crippen MR) is 132 cm³/mol. The molecule has 13 heteroatoms. The van der Waals surface area contributed by atoms with Gasteiger partial charge in [0.1, 0.15) is 5.75 Å². The van der Waals surface area contributed by atoms with Gasteiger partial charge in [-0.05, 0) is 74.0 Å². The third-order valence-electron chi connectivity index (χ3n) is 5.25. The Hall–Kier alpha value is -3.74. The van der Waals surface area contributed by atoms with Crippen LogP contribution < -0.4 is 10.4 Å². The molecule has 3 rings (SSSR count). The average molecular weight is 554 g/mol. The zero-order valence-electron chi connectivity index (χ0n) is 20.8. The van der Waals surface area contributed by atoms with E-state index in [0.717, 1.165) is 0 Å². The number of carboxylic acid groups (broad SMARTS) is 1. The first-order chi connectivity index (χ1) is 17.8. The van der Waals surface area contributed by atoms with Crippen molar-refractivity contribution >= 4 is 23.7 Å². The summed E-state index contributed by atoms with van der Waals surface area (Å²) in [5.74, 6) is -1.35. The molecule has 0 fully saturated rings. The van der Waals surface area contributed by atoms with E-state index in [4.69, 9.17) is 14.6 Å². The number of thioether (sulfide) groups is 1. The summed E-state index contributed by atoms with van der Waals surface area (Å²) in [7, 11) is 0. The maximum absolute atomic E-state index is 12.9. The molecule has 0 atom stereocenters. The quantitative estimate of drug-likeness (QED) is 0.268. The number of esters is 1. The number of benzene rings is 2. The second-order valence-electron chi connectivity index (χ2n) is 8.72. The van der Waals surface area contributed by atoms with Crippen LogP contribution in [0.15, 0.2) is 58.2 Å². The number of carbonyl (C=O) groups excluding carboxylic acids is 1. The maximum atomic E-state index is 12.9. The zero-order valence-corrected chi connectivity index (χ0v) is 21.6. The molecule has 0 aliphatic heterocycles. The van der Waals surface area contributed by atoms with Crippen LogP contribution >= 0.6 is 11.8 Å². The van der Waals surface area contributed by atoms with Crippen molar-refractivity contribution in [3.05, 3.63) is 76.0 Å². The lowest BCUT2D eigenvalue weighted by molar-refractivity contribution is -0.152. The highest BCUT2D eigenvalue weighted by Crippen LogP contribution is 2.36. The number of carboxylic acids is 1. The van der Waals surface area contributed by atoms with Crippen LogP contribution in [0.2, 0.25) is 0 Å². The van der Waals surface area contributed by atoms with Crippen LogP contribution in [-0.2, 0) is 29.2 Å². The van der Waals surface area contributed by atoms with Crippen LogP contribution in [0.5, 0.6) is 5.75 Å². The normalized spacial score (nSPS) is 11.8. The Kier molecular flexibility index (Phi) is 8.92. The van der Waals surface area contributed by atoms with Gasteiger partial charge in [0, 0.05) is 11.4 Å². The van der Waals surface area contributed by atoms with Gasteiger partial charge >= 0.3 is 23.1 Å². The molecule has 0 saturated heterocycles. The van der Waals surface area contributed by atoms with E-state index in [-0.39, 0.29) is 46.9 Å². The molecule has 0 amide bonds. The van der Waals surface area contributed by atoms with Gasteiger partial charge in [0.15, 0.2) is 18.0 Å². The molecule has 2 aromatic carbocycles. The molecule has 0 radical (unpaired) electrons. The Balaban J connectivity index is 1.69. The molecule has 204 valence electrons. The van der Waals surface area contributed by atoms with Crippen LogP contribution in [0.1, 0.15) is 48.9 Å². The summed E-state index contributed by atoms with van der Waals surface area (Å²) in [5, 5.41) is 13.4. The van der Waals surface area contributed by atoms with Crippen molar-refractivity contribution in [1.29, 1.82) is 0 Å². The summed E-state index contributed by atoms with van der Waals surface area (Å²) in [6, 6.07) is 11.4. The summed E-state index contributed by atoms with van der Waals surface area (Å²) in [4.78, 5) is 36.7. The van der Waals surface area contributed by atoms with E-state index < -0.39 is 28.7 Å². The molecule has 0 aliphatic rings. The molecule has 0 bridgehead atoms. The molecule has 0 aliphatic carbocycles. The number of aliphatic carboxylic acids is 1. The lowest BCUT2D eigenvalue weighted by Gasteiger charge is -2.21. The molecular weight excluding hydrogens is 527 g/mol. The zero-order chi connectivity index (χ0) is 28.1. The molecule has 38 heavy (non-hydrogen) atoms. The van der Waals surface area contributed by atoms with Crippen LogP contribution in [0.25, 0.3) is 0 Å². The fourth-order valence-corrected chi connectivity index (χ4v) is 3.86. The summed E-state index contributed by atoms with van der Waals surface area (Å²) >= 11 is -0.224. The fourth-order valence-electron chi connectivity index (χ4n) is 3.32. The molecule has 9 nitrogen and oxygen atoms in total. The van der Waals surface area contributed by atoms with Gasteiger partial charge in [-0.25, -0.2) is 19.1 Å². The first-order valence-corrected chi connectivity index (χ1v) is 12.3. The minimum Gasteiger partial charge on any atom is -0.478 e. The van der Waals surface area contributed by atoms with Gasteiger partial charge < -0.3 is 14.6 Å². The van der Waals surface area contributed by atoms with Crippen molar-refractivity contribution in [3.8, 4) is 5.75 Å². The molecule has 0 spiro atoms. The largest absolute Gasteiger partial charge is 0.478 e. The van der Waals surface area contributed by atoms with E-state index in [9.17, 15) is 27.6 Å². The summed E-state index contributed by atoms with van der Waals surface area (Å²) in [6.07, 6.45) is 0.615. The van der Waals surface area contributed by atoms with E-state index in [1.807, 2.05) is 6.92 Å². The van der Waals surface area contributed by atoms with Crippen LogP contribution in [0.3, 0.4) is 0 Å². The molecule has 0 saturated carbocycles. The van der Waals surface area contributed by atoms with Gasteiger partial charge in [-0.15, -0.1) is 0 Å². The molecule has 0 unspecified atom stereocenters. The van der Waals surface area contributed by atoms with E-state index >= 15 is 0 Å². The number of hydrogen-bond donors (Lipinski definition) is 1. The number of alkyl halides is 3. The molecule has 1 heterocycles. The summed E-state index contributed by atoms with van der Waals surface area (Å²) in [5.41, 5.74) is -5.51. The number of aromatic nitrogens is 3. The van der Waals surface area contributed by atoms with Crippen molar-refractivity contribution < 1.29 is 37.3 Å². The Morgan fingerprint density at radius 3 is 2.24 bits per heavy atom. The number of ether oxygens (including phenoxy) is 2. The van der Waals surface area contributed by atoms with Crippen molar-refractivity contribution in [2.45, 2.75) is 62.9 Å². The van der Waals surface area contributed by atoms with Crippen LogP contribution in [0.4, 0.5) is 13.2 Å². The summed E-state index contributed by atoms with van der Waals surface area (Å²) in [6.45, 7) is 4.74. The van der Waals surface area contributed by atoms with Gasteiger partial charge in [0.05, 0.1) is 12.1 Å². The second-order valence-corrected chi connectivity index (χ2v) is 9.86. The molecule has 3 aromatic rings. The lowest BCUT2D eigenvalue weighted by atomic mass is 10.1. The number of halogens is 3. The van der Waals surface area contributed by atoms with Crippen LogP contribution in [-0.4, -0.2) is 42.5 Å². The van der Waals surface area contributed by atoms with Gasteiger partial charge in [0.2, 0.25) is 0 Å². The highest BCUT2D eigenvalue weighted by molar-refractivity contribution is 8.00. The maximum Gasteiger partial charge on any atom is 0.446 e. The van der Waals surface area contributed by atoms with Crippen LogP contribution in [0, 0.1) is 0 Å². The number of nitrogens with zero attached hydrogens (tertiary/aromatic N) is 3. The number of hydrogen-bond acceptors (Lipinski definition) is 7. The average Bonchev–Trinajstić information content (AvgIpc) is 3.12. The Morgan fingerprint density at radius 2 is 1.68 bits per heavy atom. The molecule has 1 aromatic heterocycles. The topological polar surface area (TPSA) is 113 Å². The van der Waals surface area contributed by atoms with E-state index in [2.05, 4.69) is 5.10 Å². The van der Waals surface area contributed by atoms with Gasteiger partial charge in [-0.1, -0.05) is 19.1 Å². The minimum absolute atomic E-state index is 0.0294. The minimum atomic E-state index is -4.39. The third kappa shape index (κ3) is 7.63. The Morgan fingerprint density at radius 1 is 1.05 bits per heavy atom. The monoisotopic (exact) mass is 553 g/mol. The Bertz CT molecular complexity index is 1330. The third-order valence-corrected chi connectivity index (χ3v) is 5.99. The van der Waals surface area contributed by atoms with Crippen molar-refractivity contribution in [3.63, 3.8) is 0 Å². The molecule has 1 N–H and O–H groups in total. The van der Waals surface area contributed by atoms with Crippen molar-refractivity contribution in [2.24, 2.45) is 0 Å². The predicted octanol–water partition coefficient (Wildman–Crippen LogP) is 4.71. The first kappa shape index (κ1) is 28.8. The first-order valence-electron chi connectivity index (χ1n) is 11.5. The van der Waals surface area contributed by atoms with E-state index in [1.54, 1.807) is 0 Å². The highest BCUT2D eigenvalue weighted by atomic mass is 32.2. The fraction of sp³-hybridized carbons (Fsp3) is 0.360. The summed E-state index contributed by atoms with van der Waals surface area (Å²) < 4.78 is 50.9. The molecular formula is C25H26F3N3O6S. The second kappa shape index (κ2) is 11.8. The SMILES string of the molecule is CCCn1c(COC(=O)c2ccc(OC(C)(C)C(=O)O)cc2)nn(Cc2ccc(SC(F)(F)F)cc2)c1=O. The van der Waals surface area contributed by atoms with Gasteiger partial charge in [-0.3, -0.25) is 4.57 Å².